The monoisotopic (exact) mass is 385 g/mol. The van der Waals surface area contributed by atoms with Crippen LogP contribution in [-0.4, -0.2) is 36.3 Å². The number of ether oxygens (including phenoxy) is 3. The summed E-state index contributed by atoms with van der Waals surface area (Å²) in [5, 5.41) is 2.91. The number of nitrogens with one attached hydrogen (secondary N) is 1. The lowest BCUT2D eigenvalue weighted by Crippen LogP contribution is -2.56. The number of amides is 1. The first-order chi connectivity index (χ1) is 13.6. The maximum atomic E-state index is 12.5. The van der Waals surface area contributed by atoms with Gasteiger partial charge in [0.25, 0.3) is 0 Å². The second-order valence-electron chi connectivity index (χ2n) is 6.84. The molecule has 1 aromatic heterocycles. The smallest absolute Gasteiger partial charge is 0.240 e. The van der Waals surface area contributed by atoms with E-state index in [4.69, 9.17) is 19.9 Å². The molecule has 1 aliphatic rings. The second kappa shape index (κ2) is 9.52. The number of aromatic nitrogens is 1. The van der Waals surface area contributed by atoms with E-state index in [1.54, 1.807) is 6.20 Å². The predicted octanol–water partition coefficient (Wildman–Crippen LogP) is 2.79. The summed E-state index contributed by atoms with van der Waals surface area (Å²) in [6, 6.07) is 11.1. The van der Waals surface area contributed by atoms with Crippen molar-refractivity contribution in [3.8, 4) is 17.4 Å². The van der Waals surface area contributed by atoms with Crippen LogP contribution in [0.3, 0.4) is 0 Å². The van der Waals surface area contributed by atoms with Crippen molar-refractivity contribution in [3.05, 3.63) is 48.2 Å². The van der Waals surface area contributed by atoms with Gasteiger partial charge in [-0.3, -0.25) is 4.79 Å². The Hall–Kier alpha value is -2.64. The van der Waals surface area contributed by atoms with Crippen LogP contribution in [-0.2, 0) is 16.1 Å². The van der Waals surface area contributed by atoms with Crippen molar-refractivity contribution in [1.29, 1.82) is 0 Å². The average molecular weight is 385 g/mol. The summed E-state index contributed by atoms with van der Waals surface area (Å²) in [6.07, 6.45) is 3.64. The van der Waals surface area contributed by atoms with Crippen LogP contribution in [0.5, 0.6) is 17.4 Å². The van der Waals surface area contributed by atoms with Crippen molar-refractivity contribution in [1.82, 2.24) is 10.3 Å². The van der Waals surface area contributed by atoms with Gasteiger partial charge >= 0.3 is 0 Å². The Balaban J connectivity index is 1.62. The first kappa shape index (κ1) is 20.1. The summed E-state index contributed by atoms with van der Waals surface area (Å²) in [4.78, 5) is 16.8. The Kier molecular flexibility index (Phi) is 6.84. The molecule has 7 heteroatoms. The largest absolute Gasteiger partial charge is 0.494 e. The number of nitrogens with zero attached hydrogens (tertiary/aromatic N) is 1. The Labute approximate surface area is 165 Å². The molecule has 150 valence electrons. The molecule has 1 aromatic carbocycles. The minimum atomic E-state index is -0.879. The summed E-state index contributed by atoms with van der Waals surface area (Å²) < 4.78 is 16.8. The highest BCUT2D eigenvalue weighted by Gasteiger charge is 2.35. The first-order valence-corrected chi connectivity index (χ1v) is 9.60. The van der Waals surface area contributed by atoms with Crippen LogP contribution in [0.4, 0.5) is 0 Å². The molecule has 1 amide bonds. The van der Waals surface area contributed by atoms with Gasteiger partial charge in [-0.1, -0.05) is 13.0 Å². The molecule has 1 saturated heterocycles. The number of hydrogen-bond acceptors (Lipinski definition) is 6. The van der Waals surface area contributed by atoms with Crippen LogP contribution in [0.15, 0.2) is 42.6 Å². The van der Waals surface area contributed by atoms with Crippen LogP contribution in [0, 0.1) is 0 Å². The van der Waals surface area contributed by atoms with Crippen LogP contribution in [0.25, 0.3) is 0 Å². The van der Waals surface area contributed by atoms with E-state index >= 15 is 0 Å². The van der Waals surface area contributed by atoms with Crippen molar-refractivity contribution in [2.75, 3.05) is 19.8 Å². The molecule has 0 radical (unpaired) electrons. The SMILES string of the molecule is CCCOc1ccc(Oc2ncccc2CNC(=O)C2(N)CCOCC2)cc1. The van der Waals surface area contributed by atoms with Crippen LogP contribution in [0.2, 0.25) is 0 Å². The molecule has 7 nitrogen and oxygen atoms in total. The van der Waals surface area contributed by atoms with Crippen molar-refractivity contribution < 1.29 is 19.0 Å². The van der Waals surface area contributed by atoms with Gasteiger partial charge in [-0.25, -0.2) is 4.98 Å². The van der Waals surface area contributed by atoms with Gasteiger partial charge in [-0.05, 0) is 49.6 Å². The van der Waals surface area contributed by atoms with Gasteiger partial charge in [0.2, 0.25) is 11.8 Å². The standard InChI is InChI=1S/C21H27N3O4/c1-2-12-27-17-5-7-18(8-6-17)28-19-16(4-3-11-23-19)15-24-20(25)21(22)9-13-26-14-10-21/h3-8,11H,2,9-10,12-15,22H2,1H3,(H,24,25). The molecule has 1 fully saturated rings. The molecular weight excluding hydrogens is 358 g/mol. The molecule has 28 heavy (non-hydrogen) atoms. The zero-order chi connectivity index (χ0) is 19.8. The van der Waals surface area contributed by atoms with Gasteiger partial charge in [0, 0.05) is 31.5 Å². The summed E-state index contributed by atoms with van der Waals surface area (Å²) in [5.41, 5.74) is 6.12. The number of carbonyl (C=O) groups excluding carboxylic acids is 1. The van der Waals surface area contributed by atoms with Crippen molar-refractivity contribution in [2.45, 2.75) is 38.3 Å². The third kappa shape index (κ3) is 5.21. The highest BCUT2D eigenvalue weighted by Crippen LogP contribution is 2.25. The van der Waals surface area contributed by atoms with Crippen LogP contribution >= 0.6 is 0 Å². The summed E-state index contributed by atoms with van der Waals surface area (Å²) in [6.45, 7) is 4.04. The fourth-order valence-electron chi connectivity index (χ4n) is 2.90. The summed E-state index contributed by atoms with van der Waals surface area (Å²) in [7, 11) is 0. The molecule has 2 heterocycles. The van der Waals surface area contributed by atoms with Gasteiger partial charge < -0.3 is 25.3 Å². The van der Waals surface area contributed by atoms with E-state index in [0.717, 1.165) is 17.7 Å². The third-order valence-corrected chi connectivity index (χ3v) is 4.64. The summed E-state index contributed by atoms with van der Waals surface area (Å²) in [5.74, 6) is 1.72. The summed E-state index contributed by atoms with van der Waals surface area (Å²) >= 11 is 0. The Morgan fingerprint density at radius 1 is 1.21 bits per heavy atom. The third-order valence-electron chi connectivity index (χ3n) is 4.64. The second-order valence-corrected chi connectivity index (χ2v) is 6.84. The van der Waals surface area contributed by atoms with Crippen molar-refractivity contribution >= 4 is 5.91 Å². The average Bonchev–Trinajstić information content (AvgIpc) is 2.73. The van der Waals surface area contributed by atoms with Gasteiger partial charge in [0.15, 0.2) is 0 Å². The van der Waals surface area contributed by atoms with Gasteiger partial charge in [-0.15, -0.1) is 0 Å². The van der Waals surface area contributed by atoms with E-state index in [2.05, 4.69) is 17.2 Å². The van der Waals surface area contributed by atoms with E-state index in [0.29, 0.717) is 50.8 Å². The Morgan fingerprint density at radius 3 is 2.64 bits per heavy atom. The zero-order valence-electron chi connectivity index (χ0n) is 16.1. The van der Waals surface area contributed by atoms with E-state index in [1.807, 2.05) is 36.4 Å². The van der Waals surface area contributed by atoms with E-state index in [1.165, 1.54) is 0 Å². The lowest BCUT2D eigenvalue weighted by atomic mass is 9.90. The van der Waals surface area contributed by atoms with Crippen LogP contribution < -0.4 is 20.5 Å². The van der Waals surface area contributed by atoms with E-state index in [-0.39, 0.29) is 5.91 Å². The molecule has 0 atom stereocenters. The Morgan fingerprint density at radius 2 is 1.93 bits per heavy atom. The number of benzene rings is 1. The molecule has 1 aliphatic heterocycles. The van der Waals surface area contributed by atoms with Crippen molar-refractivity contribution in [2.24, 2.45) is 5.73 Å². The quantitative estimate of drug-likeness (QED) is 0.725. The maximum Gasteiger partial charge on any atom is 0.240 e. The molecule has 0 bridgehead atoms. The fourth-order valence-corrected chi connectivity index (χ4v) is 2.90. The number of carbonyl (C=O) groups is 1. The zero-order valence-corrected chi connectivity index (χ0v) is 16.1. The lowest BCUT2D eigenvalue weighted by molar-refractivity contribution is -0.129. The minimum absolute atomic E-state index is 0.178. The van der Waals surface area contributed by atoms with E-state index < -0.39 is 5.54 Å². The highest BCUT2D eigenvalue weighted by molar-refractivity contribution is 5.86. The molecule has 2 aromatic rings. The highest BCUT2D eigenvalue weighted by atomic mass is 16.5. The molecule has 0 unspecified atom stereocenters. The minimum Gasteiger partial charge on any atom is -0.494 e. The molecule has 0 saturated carbocycles. The fraction of sp³-hybridized carbons (Fsp3) is 0.429. The molecule has 3 rings (SSSR count). The number of nitrogens with two attached hydrogens (primary N) is 1. The number of hydrogen-bond donors (Lipinski definition) is 2. The van der Waals surface area contributed by atoms with Crippen molar-refractivity contribution in [3.63, 3.8) is 0 Å². The van der Waals surface area contributed by atoms with Gasteiger partial charge in [0.05, 0.1) is 12.1 Å². The van der Waals surface area contributed by atoms with Crippen LogP contribution in [0.1, 0.15) is 31.7 Å². The Bertz CT molecular complexity index is 773. The molecule has 0 aliphatic carbocycles. The van der Waals surface area contributed by atoms with Gasteiger partial charge in [0.1, 0.15) is 11.5 Å². The first-order valence-electron chi connectivity index (χ1n) is 9.60. The molecule has 3 N–H and O–H groups in total. The normalized spacial score (nSPS) is 15.6. The topological polar surface area (TPSA) is 95.7 Å². The predicted molar refractivity (Wildman–Crippen MR) is 105 cm³/mol. The lowest BCUT2D eigenvalue weighted by Gasteiger charge is -2.31. The molecular formula is C21H27N3O4. The molecule has 0 spiro atoms. The number of pyridine rings is 1. The maximum absolute atomic E-state index is 12.5. The van der Waals surface area contributed by atoms with E-state index in [9.17, 15) is 4.79 Å². The van der Waals surface area contributed by atoms with Gasteiger partial charge in [-0.2, -0.15) is 0 Å². The number of rotatable bonds is 8.